The Hall–Kier alpha value is -6.72. The Morgan fingerprint density at radius 1 is 0.364 bits per heavy atom. The lowest BCUT2D eigenvalue weighted by atomic mass is 9.84. The first-order valence-electron chi connectivity index (χ1n) is 23.4. The van der Waals surface area contributed by atoms with Crippen LogP contribution in [0.3, 0.4) is 0 Å². The highest BCUT2D eigenvalue weighted by Gasteiger charge is 2.29. The number of anilines is 6. The van der Waals surface area contributed by atoms with Gasteiger partial charge in [0.1, 0.15) is 0 Å². The van der Waals surface area contributed by atoms with E-state index in [1.165, 1.54) is 140 Å². The van der Waals surface area contributed by atoms with Gasteiger partial charge in [-0.2, -0.15) is 0 Å². The van der Waals surface area contributed by atoms with Crippen LogP contribution < -0.4 is 9.80 Å². The summed E-state index contributed by atoms with van der Waals surface area (Å²) in [7, 11) is 0. The Bertz CT molecular complexity index is 3650. The molecule has 0 spiro atoms. The van der Waals surface area contributed by atoms with Crippen molar-refractivity contribution in [3.05, 3.63) is 191 Å². The zero-order valence-corrected chi connectivity index (χ0v) is 40.5. The van der Waals surface area contributed by atoms with E-state index in [0.717, 1.165) is 0 Å². The number of nitrogens with zero attached hydrogens (tertiary/aromatic N) is 2. The van der Waals surface area contributed by atoms with Crippen LogP contribution in [0.15, 0.2) is 158 Å². The third-order valence-electron chi connectivity index (χ3n) is 14.1. The number of hydrogen-bond acceptors (Lipinski definition) is 4. The monoisotopic (exact) mass is 888 g/mol. The topological polar surface area (TPSA) is 6.48 Å². The second-order valence-electron chi connectivity index (χ2n) is 19.1. The number of hydrogen-bond donors (Lipinski definition) is 0. The summed E-state index contributed by atoms with van der Waals surface area (Å²) in [6, 6.07) is 60.2. The maximum Gasteiger partial charge on any atom is 0.0669 e. The first kappa shape index (κ1) is 40.8. The maximum absolute atomic E-state index is 2.60. The summed E-state index contributed by atoms with van der Waals surface area (Å²) >= 11 is 3.82. The summed E-state index contributed by atoms with van der Waals surface area (Å²) in [4.78, 5) is 5.21. The van der Waals surface area contributed by atoms with Crippen LogP contribution in [0, 0.1) is 27.7 Å². The Kier molecular flexibility index (Phi) is 9.54. The minimum atomic E-state index is 0.287. The van der Waals surface area contributed by atoms with Crippen molar-refractivity contribution in [2.75, 3.05) is 9.80 Å². The molecule has 2 aromatic heterocycles. The molecule has 0 radical (unpaired) electrons. The van der Waals surface area contributed by atoms with Crippen LogP contribution in [0.1, 0.15) is 72.9 Å². The van der Waals surface area contributed by atoms with Crippen LogP contribution in [0.25, 0.3) is 72.7 Å². The molecule has 0 amide bonds. The van der Waals surface area contributed by atoms with E-state index in [2.05, 4.69) is 223 Å². The summed E-state index contributed by atoms with van der Waals surface area (Å²) in [6.07, 6.45) is 0. The zero-order chi connectivity index (χ0) is 45.1. The SMILES string of the molecule is Cc1cccc(N(c2cc(C(C)C)c3ccc4c(N(c5cccc(C)c5)c5c(C)ccc6c5sc5ccccc56)cc(C(C)C)c5ccc2c3c54)c2c(C)ccc3c2sc2ccccc23)c1. The molecule has 0 aliphatic heterocycles. The summed E-state index contributed by atoms with van der Waals surface area (Å²) in [5.74, 6) is 0.574. The quantitative estimate of drug-likeness (QED) is 0.140. The largest absolute Gasteiger partial charge is 0.308 e. The Morgan fingerprint density at radius 2 is 0.758 bits per heavy atom. The van der Waals surface area contributed by atoms with Crippen molar-refractivity contribution in [3.8, 4) is 0 Å². The number of benzene rings is 10. The summed E-state index contributed by atoms with van der Waals surface area (Å²) in [5.41, 5.74) is 15.0. The van der Waals surface area contributed by atoms with Gasteiger partial charge in [0, 0.05) is 53.1 Å². The van der Waals surface area contributed by atoms with Crippen LogP contribution in [-0.2, 0) is 0 Å². The van der Waals surface area contributed by atoms with Gasteiger partial charge in [-0.15, -0.1) is 22.7 Å². The van der Waals surface area contributed by atoms with E-state index in [9.17, 15) is 0 Å². The number of fused-ring (bicyclic) bond motifs is 6. The second kappa shape index (κ2) is 15.4. The van der Waals surface area contributed by atoms with Gasteiger partial charge in [0.25, 0.3) is 0 Å². The minimum absolute atomic E-state index is 0.287. The van der Waals surface area contributed by atoms with E-state index in [-0.39, 0.29) is 11.8 Å². The molecule has 12 aromatic rings. The van der Waals surface area contributed by atoms with Gasteiger partial charge in [-0.3, -0.25) is 0 Å². The fraction of sp³-hybridized carbons (Fsp3) is 0.161. The average Bonchev–Trinajstić information content (AvgIpc) is 3.88. The van der Waals surface area contributed by atoms with Gasteiger partial charge in [-0.1, -0.05) is 137 Å². The van der Waals surface area contributed by atoms with Gasteiger partial charge in [-0.05, 0) is 143 Å². The Morgan fingerprint density at radius 3 is 1.17 bits per heavy atom. The van der Waals surface area contributed by atoms with Gasteiger partial charge in [-0.25, -0.2) is 0 Å². The predicted octanol–water partition coefficient (Wildman–Crippen LogP) is 19.7. The van der Waals surface area contributed by atoms with Gasteiger partial charge >= 0.3 is 0 Å². The van der Waals surface area contributed by atoms with Crippen LogP contribution in [0.4, 0.5) is 34.1 Å². The number of thiophene rings is 2. The summed E-state index contributed by atoms with van der Waals surface area (Å²) < 4.78 is 5.27. The highest BCUT2D eigenvalue weighted by atomic mass is 32.1. The molecular formula is C62H52N2S2. The lowest BCUT2D eigenvalue weighted by Gasteiger charge is -2.33. The van der Waals surface area contributed by atoms with Crippen molar-refractivity contribution >= 4 is 129 Å². The third-order valence-corrected chi connectivity index (χ3v) is 16.4. The molecule has 2 nitrogen and oxygen atoms in total. The number of rotatable bonds is 8. The van der Waals surface area contributed by atoms with Gasteiger partial charge in [0.05, 0.1) is 32.1 Å². The van der Waals surface area contributed by atoms with Gasteiger partial charge < -0.3 is 9.80 Å². The van der Waals surface area contributed by atoms with E-state index in [0.29, 0.717) is 0 Å². The Labute approximate surface area is 395 Å². The van der Waals surface area contributed by atoms with Crippen molar-refractivity contribution < 1.29 is 0 Å². The smallest absolute Gasteiger partial charge is 0.0669 e. The van der Waals surface area contributed by atoms with Crippen molar-refractivity contribution in [1.29, 1.82) is 0 Å². The molecule has 10 aromatic carbocycles. The highest BCUT2D eigenvalue weighted by molar-refractivity contribution is 7.26. The first-order chi connectivity index (χ1) is 32.0. The molecule has 0 N–H and O–H groups in total. The third kappa shape index (κ3) is 6.18. The number of aryl methyl sites for hydroxylation is 4. The molecule has 0 aliphatic carbocycles. The van der Waals surface area contributed by atoms with Crippen LogP contribution in [0.5, 0.6) is 0 Å². The van der Waals surface area contributed by atoms with E-state index in [1.807, 2.05) is 22.7 Å². The molecule has 2 heterocycles. The molecule has 0 atom stereocenters. The molecule has 0 fully saturated rings. The lowest BCUT2D eigenvalue weighted by molar-refractivity contribution is 0.875. The molecule has 66 heavy (non-hydrogen) atoms. The molecule has 322 valence electrons. The van der Waals surface area contributed by atoms with Crippen LogP contribution >= 0.6 is 22.7 Å². The van der Waals surface area contributed by atoms with Gasteiger partial charge in [0.2, 0.25) is 0 Å². The molecular weight excluding hydrogens is 837 g/mol. The van der Waals surface area contributed by atoms with Crippen LogP contribution in [0.2, 0.25) is 0 Å². The first-order valence-corrected chi connectivity index (χ1v) is 25.0. The fourth-order valence-corrected chi connectivity index (χ4v) is 13.5. The van der Waals surface area contributed by atoms with E-state index >= 15 is 0 Å². The standard InChI is InChI=1S/C62H52N2S2/c1-35(2)51-33-53(63(41-17-13-15-37(5)31-41)59-39(7)23-25-47-43-19-9-11-21-55(43)65-61(47)59)49-30-28-46-52(36(3)4)34-54(50-29-27-45(51)57(49)58(46)50)64(42-18-14-16-38(6)32-42)60-40(8)24-26-48-44-20-10-12-22-56(44)66-62(48)60/h9-36H,1-8H3. The molecule has 0 saturated carbocycles. The lowest BCUT2D eigenvalue weighted by Crippen LogP contribution is -2.14. The normalized spacial score (nSPS) is 12.2. The molecule has 0 unspecified atom stereocenters. The Balaban J connectivity index is 1.23. The van der Waals surface area contributed by atoms with E-state index < -0.39 is 0 Å². The van der Waals surface area contributed by atoms with Crippen LogP contribution in [-0.4, -0.2) is 0 Å². The van der Waals surface area contributed by atoms with Gasteiger partial charge in [0.15, 0.2) is 0 Å². The zero-order valence-electron chi connectivity index (χ0n) is 38.9. The maximum atomic E-state index is 2.60. The highest BCUT2D eigenvalue weighted by Crippen LogP contribution is 2.54. The summed E-state index contributed by atoms with van der Waals surface area (Å²) in [5, 5.41) is 13.1. The molecule has 0 aliphatic rings. The van der Waals surface area contributed by atoms with Crippen molar-refractivity contribution in [3.63, 3.8) is 0 Å². The second-order valence-corrected chi connectivity index (χ2v) is 21.2. The van der Waals surface area contributed by atoms with E-state index in [1.54, 1.807) is 0 Å². The molecule has 4 heteroatoms. The predicted molar refractivity (Wildman–Crippen MR) is 292 cm³/mol. The average molecular weight is 889 g/mol. The fourth-order valence-electron chi connectivity index (χ4n) is 10.9. The molecule has 0 bridgehead atoms. The molecule has 12 rings (SSSR count). The van der Waals surface area contributed by atoms with Crippen molar-refractivity contribution in [2.24, 2.45) is 0 Å². The van der Waals surface area contributed by atoms with E-state index in [4.69, 9.17) is 0 Å². The summed E-state index contributed by atoms with van der Waals surface area (Å²) in [6.45, 7) is 18.5. The van der Waals surface area contributed by atoms with Crippen molar-refractivity contribution in [1.82, 2.24) is 0 Å². The molecule has 0 saturated heterocycles. The minimum Gasteiger partial charge on any atom is -0.308 e. The van der Waals surface area contributed by atoms with Crippen molar-refractivity contribution in [2.45, 2.75) is 67.2 Å².